The number of methoxy groups -OCH3 is 1. The molecule has 0 N–H and O–H groups in total. The molecule has 7 heteroatoms. The molecule has 1 unspecified atom stereocenters. The number of carbonyl (C=O) groups excluding carboxylic acids is 1. The van der Waals surface area contributed by atoms with Crippen molar-refractivity contribution in [3.8, 4) is 0 Å². The van der Waals surface area contributed by atoms with Crippen molar-refractivity contribution in [3.63, 3.8) is 0 Å². The number of nitrogens with zero attached hydrogens (tertiary/aromatic N) is 2. The maximum absolute atomic E-state index is 12.5. The zero-order valence-electron chi connectivity index (χ0n) is 12.0. The number of esters is 1. The van der Waals surface area contributed by atoms with Gasteiger partial charge in [-0.05, 0) is 19.8 Å². The SMILES string of the molecule is CCN(CCC(=O)OC)S(=O)(=O)N1CCCCC1C. The zero-order valence-corrected chi connectivity index (χ0v) is 12.8. The first-order chi connectivity index (χ1) is 8.93. The number of carbonyl (C=O) groups is 1. The molecule has 0 saturated carbocycles. The predicted octanol–water partition coefficient (Wildman–Crippen LogP) is 0.991. The van der Waals surface area contributed by atoms with Gasteiger partial charge < -0.3 is 4.74 Å². The van der Waals surface area contributed by atoms with Crippen LogP contribution in [0, 0.1) is 0 Å². The molecule has 1 heterocycles. The van der Waals surface area contributed by atoms with Gasteiger partial charge in [-0.25, -0.2) is 0 Å². The second kappa shape index (κ2) is 7.21. The van der Waals surface area contributed by atoms with Crippen LogP contribution in [0.25, 0.3) is 0 Å². The summed E-state index contributed by atoms with van der Waals surface area (Å²) in [5.74, 6) is -0.389. The highest BCUT2D eigenvalue weighted by atomic mass is 32.2. The average Bonchev–Trinajstić information content (AvgIpc) is 2.39. The van der Waals surface area contributed by atoms with Gasteiger partial charge in [0.05, 0.1) is 13.5 Å². The molecular weight excluding hydrogens is 268 g/mol. The van der Waals surface area contributed by atoms with Crippen molar-refractivity contribution in [1.82, 2.24) is 8.61 Å². The molecule has 0 bridgehead atoms. The second-order valence-corrected chi connectivity index (χ2v) is 6.66. The Labute approximate surface area is 115 Å². The Balaban J connectivity index is 2.74. The molecule has 1 rings (SSSR count). The van der Waals surface area contributed by atoms with Crippen LogP contribution in [-0.2, 0) is 19.7 Å². The van der Waals surface area contributed by atoms with E-state index < -0.39 is 10.2 Å². The lowest BCUT2D eigenvalue weighted by atomic mass is 10.1. The maximum atomic E-state index is 12.5. The van der Waals surface area contributed by atoms with E-state index in [0.29, 0.717) is 13.1 Å². The van der Waals surface area contributed by atoms with Crippen molar-refractivity contribution in [3.05, 3.63) is 0 Å². The summed E-state index contributed by atoms with van der Waals surface area (Å²) in [4.78, 5) is 11.1. The van der Waals surface area contributed by atoms with E-state index in [4.69, 9.17) is 0 Å². The minimum Gasteiger partial charge on any atom is -0.469 e. The van der Waals surface area contributed by atoms with E-state index in [1.165, 1.54) is 11.4 Å². The Bertz CT molecular complexity index is 397. The summed E-state index contributed by atoms with van der Waals surface area (Å²) in [5.41, 5.74) is 0. The standard InChI is InChI=1S/C12H24N2O4S/c1-4-13(10-8-12(15)18-3)19(16,17)14-9-6-5-7-11(14)2/h11H,4-10H2,1-3H3. The smallest absolute Gasteiger partial charge is 0.306 e. The van der Waals surface area contributed by atoms with Crippen LogP contribution in [0.4, 0.5) is 0 Å². The van der Waals surface area contributed by atoms with E-state index >= 15 is 0 Å². The Morgan fingerprint density at radius 2 is 2.11 bits per heavy atom. The van der Waals surface area contributed by atoms with Crippen molar-refractivity contribution >= 4 is 16.2 Å². The molecule has 0 aromatic heterocycles. The third-order valence-corrected chi connectivity index (χ3v) is 5.74. The predicted molar refractivity (Wildman–Crippen MR) is 72.8 cm³/mol. The first-order valence-electron chi connectivity index (χ1n) is 6.77. The van der Waals surface area contributed by atoms with E-state index in [-0.39, 0.29) is 25.0 Å². The van der Waals surface area contributed by atoms with Crippen LogP contribution in [-0.4, -0.2) is 55.8 Å². The van der Waals surface area contributed by atoms with E-state index in [1.807, 2.05) is 6.92 Å². The third kappa shape index (κ3) is 4.15. The Morgan fingerprint density at radius 3 is 2.63 bits per heavy atom. The van der Waals surface area contributed by atoms with Crippen molar-refractivity contribution in [2.45, 2.75) is 45.6 Å². The molecule has 0 radical (unpaired) electrons. The van der Waals surface area contributed by atoms with E-state index in [0.717, 1.165) is 19.3 Å². The van der Waals surface area contributed by atoms with Gasteiger partial charge in [0.15, 0.2) is 0 Å². The molecule has 0 spiro atoms. The molecule has 1 aliphatic rings. The molecule has 1 saturated heterocycles. The number of rotatable bonds is 6. The average molecular weight is 292 g/mol. The quantitative estimate of drug-likeness (QED) is 0.685. The van der Waals surface area contributed by atoms with Gasteiger partial charge in [-0.15, -0.1) is 0 Å². The molecule has 0 aliphatic carbocycles. The molecule has 1 fully saturated rings. The maximum Gasteiger partial charge on any atom is 0.306 e. The van der Waals surface area contributed by atoms with Crippen LogP contribution in [0.15, 0.2) is 0 Å². The van der Waals surface area contributed by atoms with Crippen LogP contribution < -0.4 is 0 Å². The number of ether oxygens (including phenoxy) is 1. The van der Waals surface area contributed by atoms with Gasteiger partial charge in [0, 0.05) is 25.7 Å². The number of piperidine rings is 1. The van der Waals surface area contributed by atoms with Crippen molar-refractivity contribution in [2.75, 3.05) is 26.7 Å². The van der Waals surface area contributed by atoms with Gasteiger partial charge in [-0.2, -0.15) is 17.0 Å². The highest BCUT2D eigenvalue weighted by molar-refractivity contribution is 7.86. The molecule has 6 nitrogen and oxygen atoms in total. The molecule has 0 aromatic rings. The van der Waals surface area contributed by atoms with Crippen molar-refractivity contribution < 1.29 is 17.9 Å². The Hall–Kier alpha value is -0.660. The van der Waals surface area contributed by atoms with Crippen molar-refractivity contribution in [2.24, 2.45) is 0 Å². The Kier molecular flexibility index (Phi) is 6.22. The van der Waals surface area contributed by atoms with Crippen LogP contribution in [0.2, 0.25) is 0 Å². The third-order valence-electron chi connectivity index (χ3n) is 3.51. The fraction of sp³-hybridized carbons (Fsp3) is 0.917. The van der Waals surface area contributed by atoms with Gasteiger partial charge >= 0.3 is 5.97 Å². The van der Waals surface area contributed by atoms with Gasteiger partial charge in [0.2, 0.25) is 0 Å². The van der Waals surface area contributed by atoms with Gasteiger partial charge in [-0.3, -0.25) is 4.79 Å². The normalized spacial score (nSPS) is 21.6. The lowest BCUT2D eigenvalue weighted by Gasteiger charge is -2.36. The molecule has 19 heavy (non-hydrogen) atoms. The number of hydrogen-bond acceptors (Lipinski definition) is 4. The second-order valence-electron chi connectivity index (χ2n) is 4.78. The highest BCUT2D eigenvalue weighted by Gasteiger charge is 2.33. The van der Waals surface area contributed by atoms with E-state index in [1.54, 1.807) is 11.2 Å². The van der Waals surface area contributed by atoms with Crippen LogP contribution in [0.5, 0.6) is 0 Å². The number of hydrogen-bond donors (Lipinski definition) is 0. The molecule has 112 valence electrons. The molecule has 0 aromatic carbocycles. The summed E-state index contributed by atoms with van der Waals surface area (Å²) < 4.78 is 32.5. The summed E-state index contributed by atoms with van der Waals surface area (Å²) >= 11 is 0. The summed E-state index contributed by atoms with van der Waals surface area (Å²) in [5, 5.41) is 0. The Morgan fingerprint density at radius 1 is 1.42 bits per heavy atom. The molecule has 1 atom stereocenters. The fourth-order valence-corrected chi connectivity index (χ4v) is 4.18. The lowest BCUT2D eigenvalue weighted by Crippen LogP contribution is -2.50. The minimum absolute atomic E-state index is 0.0333. The van der Waals surface area contributed by atoms with E-state index in [9.17, 15) is 13.2 Å². The summed E-state index contributed by atoms with van der Waals surface area (Å²) in [6.07, 6.45) is 2.96. The largest absolute Gasteiger partial charge is 0.469 e. The van der Waals surface area contributed by atoms with Crippen molar-refractivity contribution in [1.29, 1.82) is 0 Å². The fourth-order valence-electron chi connectivity index (χ4n) is 2.32. The summed E-state index contributed by atoms with van der Waals surface area (Å²) in [7, 11) is -2.16. The van der Waals surface area contributed by atoms with Crippen LogP contribution in [0.1, 0.15) is 39.5 Å². The lowest BCUT2D eigenvalue weighted by molar-refractivity contribution is -0.140. The van der Waals surface area contributed by atoms with Crippen LogP contribution >= 0.6 is 0 Å². The molecule has 1 aliphatic heterocycles. The minimum atomic E-state index is -3.47. The van der Waals surface area contributed by atoms with Gasteiger partial charge in [-0.1, -0.05) is 13.3 Å². The van der Waals surface area contributed by atoms with E-state index in [2.05, 4.69) is 4.74 Å². The first-order valence-corrected chi connectivity index (χ1v) is 8.17. The summed E-state index contributed by atoms with van der Waals surface area (Å²) in [6.45, 7) is 4.82. The van der Waals surface area contributed by atoms with Gasteiger partial charge in [0.1, 0.15) is 0 Å². The topological polar surface area (TPSA) is 66.9 Å². The van der Waals surface area contributed by atoms with Gasteiger partial charge in [0.25, 0.3) is 10.2 Å². The van der Waals surface area contributed by atoms with Crippen LogP contribution in [0.3, 0.4) is 0 Å². The molecule has 0 amide bonds. The zero-order chi connectivity index (χ0) is 14.5. The highest BCUT2D eigenvalue weighted by Crippen LogP contribution is 2.22. The first kappa shape index (κ1) is 16.4. The summed E-state index contributed by atoms with van der Waals surface area (Å²) in [6, 6.07) is 0.0333. The monoisotopic (exact) mass is 292 g/mol. The molecular formula is C12H24N2O4S.